The second-order valence-corrected chi connectivity index (χ2v) is 12.2. The number of aliphatic hydroxyl groups excluding tert-OH is 1. The molecule has 0 unspecified atom stereocenters. The Morgan fingerprint density at radius 3 is 2.36 bits per heavy atom. The molecule has 0 amide bonds. The minimum absolute atomic E-state index is 0.0596. The molecule has 0 aromatic heterocycles. The SMILES string of the molecule is CC(C)CCC[C@@H](C)[C@H]1CC[C@H]2[C@@H]3C=C[C@@H]4C[C@@H](O)CC[C@]4(C)[C@H]3CC[C@]12C. The van der Waals surface area contributed by atoms with Crippen LogP contribution in [-0.2, 0) is 0 Å². The Balaban J connectivity index is 1.49. The molecule has 0 aromatic rings. The van der Waals surface area contributed by atoms with Crippen molar-refractivity contribution >= 4 is 0 Å². The van der Waals surface area contributed by atoms with Crippen LogP contribution in [0.2, 0.25) is 0 Å². The van der Waals surface area contributed by atoms with Crippen molar-refractivity contribution in [1.29, 1.82) is 0 Å². The van der Waals surface area contributed by atoms with E-state index in [9.17, 15) is 5.11 Å². The molecular formula is C27H46O. The molecule has 1 heteroatoms. The van der Waals surface area contributed by atoms with Crippen molar-refractivity contribution in [3.8, 4) is 0 Å². The number of hydrogen-bond donors (Lipinski definition) is 1. The summed E-state index contributed by atoms with van der Waals surface area (Å²) < 4.78 is 0. The van der Waals surface area contributed by atoms with Gasteiger partial charge in [-0.15, -0.1) is 0 Å². The normalized spacial score (nSPS) is 48.8. The third-order valence-electron chi connectivity index (χ3n) is 10.3. The largest absolute Gasteiger partial charge is 0.393 e. The summed E-state index contributed by atoms with van der Waals surface area (Å²) in [5.74, 6) is 5.89. The van der Waals surface area contributed by atoms with Crippen molar-refractivity contribution in [2.75, 3.05) is 0 Å². The fourth-order valence-corrected chi connectivity index (χ4v) is 8.62. The van der Waals surface area contributed by atoms with E-state index in [4.69, 9.17) is 0 Å². The van der Waals surface area contributed by atoms with Crippen LogP contribution in [0.4, 0.5) is 0 Å². The summed E-state index contributed by atoms with van der Waals surface area (Å²) in [4.78, 5) is 0. The zero-order chi connectivity index (χ0) is 20.1. The van der Waals surface area contributed by atoms with E-state index in [1.165, 1.54) is 51.4 Å². The third-order valence-corrected chi connectivity index (χ3v) is 10.3. The maximum Gasteiger partial charge on any atom is 0.0546 e. The highest BCUT2D eigenvalue weighted by Crippen LogP contribution is 2.67. The van der Waals surface area contributed by atoms with E-state index in [0.717, 1.165) is 48.3 Å². The van der Waals surface area contributed by atoms with Crippen molar-refractivity contribution in [3.05, 3.63) is 12.2 Å². The van der Waals surface area contributed by atoms with Crippen LogP contribution >= 0.6 is 0 Å². The minimum atomic E-state index is -0.0596. The van der Waals surface area contributed by atoms with Crippen molar-refractivity contribution in [1.82, 2.24) is 0 Å². The Kier molecular flexibility index (Phi) is 5.80. The van der Waals surface area contributed by atoms with E-state index in [1.54, 1.807) is 0 Å². The van der Waals surface area contributed by atoms with Gasteiger partial charge in [-0.25, -0.2) is 0 Å². The molecule has 1 N–H and O–H groups in total. The van der Waals surface area contributed by atoms with Crippen LogP contribution in [0.3, 0.4) is 0 Å². The standard InChI is InChI=1S/C27H46O/c1-18(2)7-6-8-19(3)23-11-12-24-22-10-9-20-17-21(28)13-15-26(20,4)25(22)14-16-27(23,24)5/h9-10,18-25,28H,6-8,11-17H2,1-5H3/t19-,20-,21+,22+,23-,24+,25+,26+,27-/m1/s1. The third kappa shape index (κ3) is 3.42. The second-order valence-electron chi connectivity index (χ2n) is 12.2. The number of allylic oxidation sites excluding steroid dienone is 2. The molecule has 1 nitrogen and oxygen atoms in total. The number of aliphatic hydroxyl groups is 1. The fourth-order valence-electron chi connectivity index (χ4n) is 8.62. The summed E-state index contributed by atoms with van der Waals surface area (Å²) in [6.07, 6.45) is 18.5. The van der Waals surface area contributed by atoms with Gasteiger partial charge in [0.05, 0.1) is 6.10 Å². The molecule has 9 atom stereocenters. The number of rotatable bonds is 5. The first-order valence-corrected chi connectivity index (χ1v) is 12.6. The van der Waals surface area contributed by atoms with E-state index >= 15 is 0 Å². The molecule has 28 heavy (non-hydrogen) atoms. The molecule has 0 saturated heterocycles. The van der Waals surface area contributed by atoms with Gasteiger partial charge < -0.3 is 5.11 Å². The van der Waals surface area contributed by atoms with Gasteiger partial charge >= 0.3 is 0 Å². The lowest BCUT2D eigenvalue weighted by molar-refractivity contribution is -0.0813. The van der Waals surface area contributed by atoms with Crippen LogP contribution < -0.4 is 0 Å². The zero-order valence-corrected chi connectivity index (χ0v) is 19.3. The van der Waals surface area contributed by atoms with Gasteiger partial charge in [-0.3, -0.25) is 0 Å². The van der Waals surface area contributed by atoms with Crippen LogP contribution in [0.1, 0.15) is 98.8 Å². The van der Waals surface area contributed by atoms with Crippen LogP contribution in [0.25, 0.3) is 0 Å². The maximum atomic E-state index is 10.2. The highest BCUT2D eigenvalue weighted by atomic mass is 16.3. The van der Waals surface area contributed by atoms with Gasteiger partial charge in [-0.1, -0.05) is 66.0 Å². The van der Waals surface area contributed by atoms with Crippen LogP contribution in [-0.4, -0.2) is 11.2 Å². The van der Waals surface area contributed by atoms with E-state index in [0.29, 0.717) is 16.7 Å². The summed E-state index contributed by atoms with van der Waals surface area (Å²) in [6.45, 7) is 12.6. The predicted molar refractivity (Wildman–Crippen MR) is 119 cm³/mol. The Morgan fingerprint density at radius 1 is 0.893 bits per heavy atom. The van der Waals surface area contributed by atoms with Crippen LogP contribution in [0.15, 0.2) is 12.2 Å². The highest BCUT2D eigenvalue weighted by Gasteiger charge is 2.59. The summed E-state index contributed by atoms with van der Waals surface area (Å²) in [7, 11) is 0. The van der Waals surface area contributed by atoms with Crippen molar-refractivity contribution in [2.45, 2.75) is 105 Å². The predicted octanol–water partition coefficient (Wildman–Crippen LogP) is 7.24. The lowest BCUT2D eigenvalue weighted by Crippen LogP contribution is -2.52. The Morgan fingerprint density at radius 2 is 1.61 bits per heavy atom. The van der Waals surface area contributed by atoms with E-state index in [1.807, 2.05) is 0 Å². The number of hydrogen-bond acceptors (Lipinski definition) is 1. The van der Waals surface area contributed by atoms with Crippen LogP contribution in [0.5, 0.6) is 0 Å². The molecule has 0 heterocycles. The smallest absolute Gasteiger partial charge is 0.0546 e. The number of fused-ring (bicyclic) bond motifs is 5. The molecule has 3 fully saturated rings. The molecule has 0 aromatic carbocycles. The Bertz CT molecular complexity index is 579. The molecule has 0 spiro atoms. The van der Waals surface area contributed by atoms with Crippen LogP contribution in [0, 0.1) is 52.3 Å². The summed E-state index contributed by atoms with van der Waals surface area (Å²) in [6, 6.07) is 0. The lowest BCUT2D eigenvalue weighted by atomic mass is 9.46. The topological polar surface area (TPSA) is 20.2 Å². The van der Waals surface area contributed by atoms with Gasteiger partial charge in [-0.2, -0.15) is 0 Å². The molecule has 160 valence electrons. The average molecular weight is 387 g/mol. The van der Waals surface area contributed by atoms with E-state index in [2.05, 4.69) is 46.8 Å². The molecule has 3 saturated carbocycles. The fraction of sp³-hybridized carbons (Fsp3) is 0.926. The minimum Gasteiger partial charge on any atom is -0.393 e. The first-order chi connectivity index (χ1) is 13.3. The van der Waals surface area contributed by atoms with Gasteiger partial charge in [-0.05, 0) is 97.2 Å². The monoisotopic (exact) mass is 386 g/mol. The first kappa shape index (κ1) is 21.0. The van der Waals surface area contributed by atoms with Gasteiger partial charge in [0.1, 0.15) is 0 Å². The molecule has 0 bridgehead atoms. The second kappa shape index (κ2) is 7.75. The average Bonchev–Trinajstić information content (AvgIpc) is 2.99. The summed E-state index contributed by atoms with van der Waals surface area (Å²) in [5, 5.41) is 10.2. The van der Waals surface area contributed by atoms with E-state index < -0.39 is 0 Å². The maximum absolute atomic E-state index is 10.2. The van der Waals surface area contributed by atoms with E-state index in [-0.39, 0.29) is 6.10 Å². The zero-order valence-electron chi connectivity index (χ0n) is 19.3. The van der Waals surface area contributed by atoms with Crippen molar-refractivity contribution < 1.29 is 5.11 Å². The molecular weight excluding hydrogens is 340 g/mol. The Labute approximate surface area is 174 Å². The van der Waals surface area contributed by atoms with Crippen molar-refractivity contribution in [2.24, 2.45) is 52.3 Å². The molecule has 0 aliphatic heterocycles. The van der Waals surface area contributed by atoms with Gasteiger partial charge in [0, 0.05) is 0 Å². The molecule has 4 aliphatic rings. The summed E-state index contributed by atoms with van der Waals surface area (Å²) in [5.41, 5.74) is 1.01. The van der Waals surface area contributed by atoms with Gasteiger partial charge in [0.15, 0.2) is 0 Å². The van der Waals surface area contributed by atoms with Gasteiger partial charge in [0.25, 0.3) is 0 Å². The highest BCUT2D eigenvalue weighted by molar-refractivity contribution is 5.18. The molecule has 4 aliphatic carbocycles. The van der Waals surface area contributed by atoms with Gasteiger partial charge in [0.2, 0.25) is 0 Å². The first-order valence-electron chi connectivity index (χ1n) is 12.6. The summed E-state index contributed by atoms with van der Waals surface area (Å²) >= 11 is 0. The molecule has 4 rings (SSSR count). The quantitative estimate of drug-likeness (QED) is 0.493. The Hall–Kier alpha value is -0.300. The molecule has 0 radical (unpaired) electrons. The van der Waals surface area contributed by atoms with Crippen molar-refractivity contribution in [3.63, 3.8) is 0 Å². The lowest BCUT2D eigenvalue weighted by Gasteiger charge is -2.59.